The number of carbonyl (C=O) groups is 1. The molecule has 2 rings (SSSR count). The normalized spacial score (nSPS) is 17.4. The first kappa shape index (κ1) is 14.5. The number of carbonyl (C=O) groups excluding carboxylic acids is 1. The Morgan fingerprint density at radius 1 is 1.53 bits per heavy atom. The van der Waals surface area contributed by atoms with Crippen LogP contribution in [-0.4, -0.2) is 30.8 Å². The Hall–Kier alpha value is -0.940. The highest BCUT2D eigenvalue weighted by Crippen LogP contribution is 2.33. The molecule has 0 amide bonds. The summed E-state index contributed by atoms with van der Waals surface area (Å²) in [5.41, 5.74) is 0.146. The van der Waals surface area contributed by atoms with Gasteiger partial charge < -0.3 is 9.47 Å². The molecule has 1 aromatic heterocycles. The van der Waals surface area contributed by atoms with Crippen LogP contribution in [0.4, 0.5) is 0 Å². The van der Waals surface area contributed by atoms with Crippen LogP contribution in [0.2, 0.25) is 0 Å². The first-order valence-electron chi connectivity index (χ1n) is 6.76. The maximum Gasteiger partial charge on any atom is 0.317 e. The van der Waals surface area contributed by atoms with Crippen molar-refractivity contribution in [3.63, 3.8) is 0 Å². The van der Waals surface area contributed by atoms with E-state index in [0.29, 0.717) is 12.5 Å². The summed E-state index contributed by atoms with van der Waals surface area (Å²) in [5.74, 6) is 0.268. The van der Waals surface area contributed by atoms with E-state index in [2.05, 4.69) is 4.98 Å². The van der Waals surface area contributed by atoms with E-state index >= 15 is 0 Å². The first-order chi connectivity index (χ1) is 9.05. The van der Waals surface area contributed by atoms with Crippen molar-refractivity contribution in [1.29, 1.82) is 0 Å². The lowest BCUT2D eigenvalue weighted by Gasteiger charge is -2.21. The molecule has 0 radical (unpaired) electrons. The van der Waals surface area contributed by atoms with Crippen LogP contribution in [0.5, 0.6) is 0 Å². The summed E-state index contributed by atoms with van der Waals surface area (Å²) in [6.45, 7) is 7.57. The Bertz CT molecular complexity index is 436. The highest BCUT2D eigenvalue weighted by molar-refractivity contribution is 7.09. The fourth-order valence-electron chi connectivity index (χ4n) is 2.12. The number of ether oxygens (including phenoxy) is 2. The molecule has 0 saturated carbocycles. The van der Waals surface area contributed by atoms with Crippen LogP contribution in [0, 0.1) is 0 Å². The molecular formula is C14H21NO3S. The molecular weight excluding hydrogens is 262 g/mol. The highest BCUT2D eigenvalue weighted by atomic mass is 32.1. The van der Waals surface area contributed by atoms with Crippen molar-refractivity contribution in [2.24, 2.45) is 0 Å². The minimum Gasteiger partial charge on any atom is -0.465 e. The third kappa shape index (κ3) is 3.15. The molecule has 0 aliphatic carbocycles. The molecule has 4 nitrogen and oxygen atoms in total. The van der Waals surface area contributed by atoms with Gasteiger partial charge in [-0.1, -0.05) is 0 Å². The molecule has 1 aromatic rings. The van der Waals surface area contributed by atoms with E-state index in [4.69, 9.17) is 9.47 Å². The number of rotatable bonds is 4. The van der Waals surface area contributed by atoms with Gasteiger partial charge >= 0.3 is 5.97 Å². The van der Waals surface area contributed by atoms with Crippen LogP contribution in [0.15, 0.2) is 5.38 Å². The average molecular weight is 283 g/mol. The van der Waals surface area contributed by atoms with E-state index in [1.807, 2.05) is 26.2 Å². The number of thiazole rings is 1. The summed E-state index contributed by atoms with van der Waals surface area (Å²) in [6.07, 6.45) is 2.04. The van der Waals surface area contributed by atoms with E-state index in [1.165, 1.54) is 0 Å². The molecule has 0 aromatic carbocycles. The van der Waals surface area contributed by atoms with Crippen LogP contribution < -0.4 is 0 Å². The van der Waals surface area contributed by atoms with Crippen molar-refractivity contribution in [2.45, 2.75) is 44.9 Å². The van der Waals surface area contributed by atoms with Crippen LogP contribution >= 0.6 is 11.3 Å². The maximum atomic E-state index is 12.0. The summed E-state index contributed by atoms with van der Waals surface area (Å²) in [7, 11) is 0. The lowest BCUT2D eigenvalue weighted by molar-refractivity contribution is -0.148. The minimum atomic E-state index is -0.671. The van der Waals surface area contributed by atoms with Gasteiger partial charge in [-0.15, -0.1) is 11.3 Å². The monoisotopic (exact) mass is 283 g/mol. The Morgan fingerprint density at radius 3 is 2.84 bits per heavy atom. The zero-order valence-corrected chi connectivity index (χ0v) is 12.6. The van der Waals surface area contributed by atoms with Crippen LogP contribution in [-0.2, 0) is 19.7 Å². The van der Waals surface area contributed by atoms with Crippen LogP contribution in [0.1, 0.15) is 50.2 Å². The molecule has 0 N–H and O–H groups in total. The number of aromatic nitrogens is 1. The van der Waals surface area contributed by atoms with Crippen LogP contribution in [0.25, 0.3) is 0 Å². The molecule has 0 bridgehead atoms. The van der Waals surface area contributed by atoms with Crippen molar-refractivity contribution in [3.8, 4) is 0 Å². The number of esters is 1. The SMILES string of the molecule is CCOC(=O)C(C)(C)c1csc(C2CCOCC2)n1. The summed E-state index contributed by atoms with van der Waals surface area (Å²) in [6, 6.07) is 0. The van der Waals surface area contributed by atoms with E-state index in [9.17, 15) is 4.79 Å². The molecule has 1 aliphatic rings. The highest BCUT2D eigenvalue weighted by Gasteiger charge is 2.34. The summed E-state index contributed by atoms with van der Waals surface area (Å²) >= 11 is 1.64. The van der Waals surface area contributed by atoms with Crippen LogP contribution in [0.3, 0.4) is 0 Å². The molecule has 0 unspecified atom stereocenters. The number of hydrogen-bond donors (Lipinski definition) is 0. The zero-order chi connectivity index (χ0) is 13.9. The van der Waals surface area contributed by atoms with E-state index in [1.54, 1.807) is 11.3 Å². The molecule has 5 heteroatoms. The van der Waals surface area contributed by atoms with Gasteiger partial charge in [0.1, 0.15) is 5.41 Å². The second-order valence-corrected chi connectivity index (χ2v) is 6.19. The van der Waals surface area contributed by atoms with Crippen molar-refractivity contribution in [1.82, 2.24) is 4.98 Å². The topological polar surface area (TPSA) is 48.4 Å². The first-order valence-corrected chi connectivity index (χ1v) is 7.64. The van der Waals surface area contributed by atoms with Gasteiger partial charge in [-0.25, -0.2) is 4.98 Å². The predicted octanol–water partition coefficient (Wildman–Crippen LogP) is 2.88. The fourth-order valence-corrected chi connectivity index (χ4v) is 3.28. The molecule has 0 spiro atoms. The third-order valence-electron chi connectivity index (χ3n) is 3.52. The smallest absolute Gasteiger partial charge is 0.317 e. The Morgan fingerprint density at radius 2 is 2.21 bits per heavy atom. The summed E-state index contributed by atoms with van der Waals surface area (Å²) < 4.78 is 10.5. The average Bonchev–Trinajstić information content (AvgIpc) is 2.90. The van der Waals surface area contributed by atoms with Gasteiger partial charge in [0, 0.05) is 24.5 Å². The standard InChI is InChI=1S/C14H21NO3S/c1-4-18-13(16)14(2,3)11-9-19-12(15-11)10-5-7-17-8-6-10/h9-10H,4-8H2,1-3H3. The summed E-state index contributed by atoms with van der Waals surface area (Å²) in [5, 5.41) is 3.11. The number of nitrogens with zero attached hydrogens (tertiary/aromatic N) is 1. The molecule has 0 atom stereocenters. The Kier molecular flexibility index (Phi) is 4.58. The van der Waals surface area contributed by atoms with Gasteiger partial charge in [0.2, 0.25) is 0 Å². The van der Waals surface area contributed by atoms with E-state index in [0.717, 1.165) is 36.8 Å². The molecule has 19 heavy (non-hydrogen) atoms. The van der Waals surface area contributed by atoms with E-state index in [-0.39, 0.29) is 5.97 Å². The Balaban J connectivity index is 2.13. The second kappa shape index (κ2) is 6.01. The van der Waals surface area contributed by atoms with Gasteiger partial charge in [-0.05, 0) is 33.6 Å². The number of hydrogen-bond acceptors (Lipinski definition) is 5. The molecule has 1 fully saturated rings. The quantitative estimate of drug-likeness (QED) is 0.797. The van der Waals surface area contributed by atoms with Crippen molar-refractivity contribution < 1.29 is 14.3 Å². The summed E-state index contributed by atoms with van der Waals surface area (Å²) in [4.78, 5) is 16.6. The molecule has 106 valence electrons. The third-order valence-corrected chi connectivity index (χ3v) is 4.53. The molecule has 1 aliphatic heterocycles. The largest absolute Gasteiger partial charge is 0.465 e. The van der Waals surface area contributed by atoms with Gasteiger partial charge in [0.15, 0.2) is 0 Å². The lowest BCUT2D eigenvalue weighted by Crippen LogP contribution is -2.31. The van der Waals surface area contributed by atoms with Gasteiger partial charge in [0.25, 0.3) is 0 Å². The Labute approximate surface area is 118 Å². The van der Waals surface area contributed by atoms with E-state index < -0.39 is 5.41 Å². The second-order valence-electron chi connectivity index (χ2n) is 5.30. The van der Waals surface area contributed by atoms with Crippen molar-refractivity contribution in [2.75, 3.05) is 19.8 Å². The maximum absolute atomic E-state index is 12.0. The van der Waals surface area contributed by atoms with Gasteiger partial charge in [-0.3, -0.25) is 4.79 Å². The molecule has 1 saturated heterocycles. The molecule has 2 heterocycles. The van der Waals surface area contributed by atoms with Crippen molar-refractivity contribution in [3.05, 3.63) is 16.1 Å². The fraction of sp³-hybridized carbons (Fsp3) is 0.714. The predicted molar refractivity (Wildman–Crippen MR) is 74.6 cm³/mol. The van der Waals surface area contributed by atoms with Gasteiger partial charge in [0.05, 0.1) is 17.3 Å². The zero-order valence-electron chi connectivity index (χ0n) is 11.8. The van der Waals surface area contributed by atoms with Gasteiger partial charge in [-0.2, -0.15) is 0 Å². The van der Waals surface area contributed by atoms with Crippen molar-refractivity contribution >= 4 is 17.3 Å². The minimum absolute atomic E-state index is 0.209. The lowest BCUT2D eigenvalue weighted by atomic mass is 9.90.